The van der Waals surface area contributed by atoms with Gasteiger partial charge in [-0.2, -0.15) is 0 Å². The van der Waals surface area contributed by atoms with E-state index in [4.69, 9.17) is 14.2 Å². The van der Waals surface area contributed by atoms with E-state index in [1.54, 1.807) is 48.5 Å². The molecular formula is C46H42F2I2O3. The van der Waals surface area contributed by atoms with E-state index in [0.29, 0.717) is 24.3 Å². The fraction of sp³-hybridized carbons (Fsp3) is 0.217. The predicted molar refractivity (Wildman–Crippen MR) is 226 cm³/mol. The summed E-state index contributed by atoms with van der Waals surface area (Å²) in [5, 5.41) is 0. The molecule has 0 bridgehead atoms. The van der Waals surface area contributed by atoms with E-state index in [1.165, 1.54) is 12.1 Å². The zero-order valence-corrected chi connectivity index (χ0v) is 34.5. The van der Waals surface area contributed by atoms with Crippen molar-refractivity contribution < 1.29 is 23.0 Å². The van der Waals surface area contributed by atoms with Crippen LogP contribution >= 0.6 is 45.2 Å². The molecule has 272 valence electrons. The number of hydrogen-bond donors (Lipinski definition) is 0. The Labute approximate surface area is 339 Å². The quantitative estimate of drug-likeness (QED) is 0.102. The number of benzene rings is 6. The van der Waals surface area contributed by atoms with Crippen molar-refractivity contribution in [3.63, 3.8) is 0 Å². The van der Waals surface area contributed by atoms with Crippen molar-refractivity contribution >= 4 is 45.2 Å². The summed E-state index contributed by atoms with van der Waals surface area (Å²) >= 11 is 4.64. The highest BCUT2D eigenvalue weighted by Gasteiger charge is 2.40. The second-order valence-electron chi connectivity index (χ2n) is 14.3. The number of halogens is 4. The Bertz CT molecular complexity index is 1950. The zero-order chi connectivity index (χ0) is 37.6. The Morgan fingerprint density at radius 3 is 1.21 bits per heavy atom. The molecule has 0 saturated carbocycles. The molecule has 3 nitrogen and oxygen atoms in total. The summed E-state index contributed by atoms with van der Waals surface area (Å²) in [7, 11) is 0. The van der Waals surface area contributed by atoms with Gasteiger partial charge in [-0.05, 0) is 153 Å². The highest BCUT2D eigenvalue weighted by atomic mass is 127. The van der Waals surface area contributed by atoms with Crippen molar-refractivity contribution in [2.45, 2.75) is 63.6 Å². The Balaban J connectivity index is 1.40. The largest absolute Gasteiger partial charge is 0.454 e. The second-order valence-corrected chi connectivity index (χ2v) is 16.8. The van der Waals surface area contributed by atoms with Crippen LogP contribution in [0.5, 0.6) is 23.0 Å². The predicted octanol–water partition coefficient (Wildman–Crippen LogP) is 13.3. The van der Waals surface area contributed by atoms with E-state index >= 15 is 8.78 Å². The minimum atomic E-state index is -0.482. The molecule has 6 aromatic carbocycles. The lowest BCUT2D eigenvalue weighted by Crippen LogP contribution is -2.46. The molecule has 0 heterocycles. The van der Waals surface area contributed by atoms with E-state index in [1.807, 2.05) is 36.4 Å². The first kappa shape index (κ1) is 38.9. The average Bonchev–Trinajstić information content (AvgIpc) is 3.15. The van der Waals surface area contributed by atoms with Gasteiger partial charge in [-0.15, -0.1) is 0 Å². The topological polar surface area (TPSA) is 27.7 Å². The molecule has 0 aliphatic carbocycles. The SMILES string of the molecule is CC(C)(c1ccc(I)cc1)C(Cc1ccc(F)c(Oc2ccccc2)c1)OC(Cc1ccc(F)c(Oc2ccccc2)c1)C(C)(C)c1ccc(I)cc1. The molecule has 0 aromatic heterocycles. The molecule has 0 saturated heterocycles. The molecule has 2 unspecified atom stereocenters. The van der Waals surface area contributed by atoms with Crippen LogP contribution in [-0.2, 0) is 28.4 Å². The van der Waals surface area contributed by atoms with Crippen LogP contribution in [0.15, 0.2) is 146 Å². The molecule has 0 N–H and O–H groups in total. The molecule has 2 atom stereocenters. The molecule has 7 heteroatoms. The van der Waals surface area contributed by atoms with E-state index in [9.17, 15) is 0 Å². The standard InChI is InChI=1S/C46H42F2I2O3/c1-45(2,33-17-21-35(49)22-18-33)43(29-31-15-25-39(47)41(27-31)51-37-11-7-5-8-12-37)53-44(46(3,4)34-19-23-36(50)24-20-34)30-32-16-26-40(48)42(28-32)52-38-13-9-6-10-14-38/h5-28,43-44H,29-30H2,1-4H3. The van der Waals surface area contributed by atoms with Crippen molar-refractivity contribution in [1.29, 1.82) is 0 Å². The van der Waals surface area contributed by atoms with Crippen molar-refractivity contribution in [2.24, 2.45) is 0 Å². The lowest BCUT2D eigenvalue weighted by atomic mass is 9.74. The maximum Gasteiger partial charge on any atom is 0.165 e. The minimum absolute atomic E-state index is 0.160. The number of ether oxygens (including phenoxy) is 3. The third-order valence-corrected chi connectivity index (χ3v) is 11.3. The number of para-hydroxylation sites is 2. The highest BCUT2D eigenvalue weighted by molar-refractivity contribution is 14.1. The third-order valence-electron chi connectivity index (χ3n) is 9.89. The van der Waals surface area contributed by atoms with Crippen LogP contribution in [0.2, 0.25) is 0 Å². The molecule has 6 rings (SSSR count). The van der Waals surface area contributed by atoms with Gasteiger partial charge in [0.2, 0.25) is 0 Å². The van der Waals surface area contributed by atoms with Gasteiger partial charge in [-0.1, -0.05) is 100 Å². The summed E-state index contributed by atoms with van der Waals surface area (Å²) < 4.78 is 52.1. The van der Waals surface area contributed by atoms with Crippen molar-refractivity contribution in [3.8, 4) is 23.0 Å². The van der Waals surface area contributed by atoms with Crippen molar-refractivity contribution in [3.05, 3.63) is 187 Å². The summed E-state index contributed by atoms with van der Waals surface area (Å²) in [6.45, 7) is 8.79. The van der Waals surface area contributed by atoms with Crippen molar-refractivity contribution in [1.82, 2.24) is 0 Å². The smallest absolute Gasteiger partial charge is 0.165 e. The van der Waals surface area contributed by atoms with Gasteiger partial charge < -0.3 is 14.2 Å². The van der Waals surface area contributed by atoms with Gasteiger partial charge in [0.15, 0.2) is 23.1 Å². The monoisotopic (exact) mass is 934 g/mol. The molecule has 0 aliphatic heterocycles. The Morgan fingerprint density at radius 2 is 0.849 bits per heavy atom. The van der Waals surface area contributed by atoms with Gasteiger partial charge in [0.1, 0.15) is 11.5 Å². The summed E-state index contributed by atoms with van der Waals surface area (Å²) in [5.74, 6) is 0.568. The maximum atomic E-state index is 15.2. The summed E-state index contributed by atoms with van der Waals surface area (Å²) in [5.41, 5.74) is 3.04. The molecule has 0 fully saturated rings. The molecule has 0 radical (unpaired) electrons. The van der Waals surface area contributed by atoms with Crippen molar-refractivity contribution in [2.75, 3.05) is 0 Å². The van der Waals surface area contributed by atoms with E-state index < -0.39 is 22.5 Å². The molecular weight excluding hydrogens is 892 g/mol. The number of rotatable bonds is 14. The van der Waals surface area contributed by atoms with Gasteiger partial charge in [0.05, 0.1) is 12.2 Å². The molecule has 0 amide bonds. The lowest BCUT2D eigenvalue weighted by molar-refractivity contribution is -0.0753. The normalized spacial score (nSPS) is 13.0. The van der Waals surface area contributed by atoms with Gasteiger partial charge in [0, 0.05) is 18.0 Å². The first-order valence-electron chi connectivity index (χ1n) is 17.6. The lowest BCUT2D eigenvalue weighted by Gasteiger charge is -2.43. The summed E-state index contributed by atoms with van der Waals surface area (Å²) in [4.78, 5) is 0. The van der Waals surface area contributed by atoms with E-state index in [-0.39, 0.29) is 23.7 Å². The third kappa shape index (κ3) is 9.85. The maximum absolute atomic E-state index is 15.2. The molecule has 0 aliphatic rings. The Hall–Kier alpha value is -3.80. The highest BCUT2D eigenvalue weighted by Crippen LogP contribution is 2.39. The van der Waals surface area contributed by atoms with Crippen LogP contribution in [0.25, 0.3) is 0 Å². The molecule has 6 aromatic rings. The Kier molecular flexibility index (Phi) is 12.6. The first-order chi connectivity index (χ1) is 25.4. The van der Waals surface area contributed by atoms with Crippen LogP contribution in [-0.4, -0.2) is 12.2 Å². The number of hydrogen-bond acceptors (Lipinski definition) is 3. The van der Waals surface area contributed by atoms with Crippen LogP contribution in [0, 0.1) is 18.8 Å². The van der Waals surface area contributed by atoms with Gasteiger partial charge >= 0.3 is 0 Å². The van der Waals surface area contributed by atoms with Crippen LogP contribution < -0.4 is 9.47 Å². The second kappa shape index (κ2) is 17.1. The summed E-state index contributed by atoms with van der Waals surface area (Å²) in [6.07, 6.45) is 0.225. The molecule has 0 spiro atoms. The van der Waals surface area contributed by atoms with Gasteiger partial charge in [0.25, 0.3) is 0 Å². The zero-order valence-electron chi connectivity index (χ0n) is 30.2. The minimum Gasteiger partial charge on any atom is -0.454 e. The summed E-state index contributed by atoms with van der Waals surface area (Å²) in [6, 6.07) is 45.6. The fourth-order valence-corrected chi connectivity index (χ4v) is 7.16. The fourth-order valence-electron chi connectivity index (χ4n) is 6.44. The van der Waals surface area contributed by atoms with Gasteiger partial charge in [-0.25, -0.2) is 8.78 Å². The Morgan fingerprint density at radius 1 is 0.491 bits per heavy atom. The van der Waals surface area contributed by atoms with E-state index in [0.717, 1.165) is 29.4 Å². The average molecular weight is 935 g/mol. The van der Waals surface area contributed by atoms with Gasteiger partial charge in [-0.3, -0.25) is 0 Å². The first-order valence-corrected chi connectivity index (χ1v) is 19.7. The van der Waals surface area contributed by atoms with Crippen LogP contribution in [0.3, 0.4) is 0 Å². The van der Waals surface area contributed by atoms with E-state index in [2.05, 4.69) is 121 Å². The van der Waals surface area contributed by atoms with Crippen LogP contribution in [0.4, 0.5) is 8.78 Å². The van der Waals surface area contributed by atoms with Crippen LogP contribution in [0.1, 0.15) is 49.9 Å². The molecule has 53 heavy (non-hydrogen) atoms.